The van der Waals surface area contributed by atoms with Crippen molar-refractivity contribution in [3.8, 4) is 0 Å². The van der Waals surface area contributed by atoms with Gasteiger partial charge in [0.1, 0.15) is 6.04 Å². The van der Waals surface area contributed by atoms with E-state index in [1.165, 1.54) is 11.3 Å². The first-order valence-electron chi connectivity index (χ1n) is 7.00. The lowest BCUT2D eigenvalue weighted by Gasteiger charge is -2.33. The first kappa shape index (κ1) is 16.4. The summed E-state index contributed by atoms with van der Waals surface area (Å²) in [5.74, 6) is -0.00989. The topological polar surface area (TPSA) is 92.5 Å². The number of sulfonamides is 1. The first-order valence-corrected chi connectivity index (χ1v) is 9.54. The van der Waals surface area contributed by atoms with Gasteiger partial charge in [0.25, 0.3) is 0 Å². The van der Waals surface area contributed by atoms with Crippen molar-refractivity contribution in [2.24, 2.45) is 5.73 Å². The zero-order valence-corrected chi connectivity index (χ0v) is 13.6. The van der Waals surface area contributed by atoms with Crippen molar-refractivity contribution in [3.63, 3.8) is 0 Å². The summed E-state index contributed by atoms with van der Waals surface area (Å²) in [7, 11) is -3.19. The van der Waals surface area contributed by atoms with Gasteiger partial charge < -0.3 is 10.6 Å². The summed E-state index contributed by atoms with van der Waals surface area (Å²) in [6, 6.07) is 3.03. The van der Waals surface area contributed by atoms with Crippen LogP contribution < -0.4 is 10.5 Å². The molecule has 1 atom stereocenters. The van der Waals surface area contributed by atoms with Gasteiger partial charge in [-0.15, -0.1) is 11.3 Å². The summed E-state index contributed by atoms with van der Waals surface area (Å²) < 4.78 is 25.7. The quantitative estimate of drug-likeness (QED) is 0.830. The van der Waals surface area contributed by atoms with Gasteiger partial charge in [-0.25, -0.2) is 13.1 Å². The van der Waals surface area contributed by atoms with Gasteiger partial charge in [0.2, 0.25) is 15.9 Å². The molecule has 8 heteroatoms. The molecule has 1 aromatic rings. The number of nitrogens with two attached hydrogens (primary N) is 1. The highest BCUT2D eigenvalue weighted by Gasteiger charge is 2.28. The Kier molecular flexibility index (Phi) is 5.37. The van der Waals surface area contributed by atoms with E-state index in [1.54, 1.807) is 11.8 Å². The summed E-state index contributed by atoms with van der Waals surface area (Å²) in [5, 5.41) is 1.90. The molecule has 1 fully saturated rings. The summed E-state index contributed by atoms with van der Waals surface area (Å²) in [6.07, 6.45) is 1.25. The first-order chi connectivity index (χ1) is 9.93. The maximum Gasteiger partial charge on any atom is 0.244 e. The number of hydrogen-bond donors (Lipinski definition) is 2. The molecule has 2 heterocycles. The van der Waals surface area contributed by atoms with Gasteiger partial charge in [0.15, 0.2) is 0 Å². The molecule has 1 saturated heterocycles. The van der Waals surface area contributed by atoms with E-state index < -0.39 is 16.1 Å². The number of hydrogen-bond acceptors (Lipinski definition) is 5. The maximum atomic E-state index is 12.3. The van der Waals surface area contributed by atoms with Gasteiger partial charge >= 0.3 is 0 Å². The van der Waals surface area contributed by atoms with E-state index in [1.807, 2.05) is 17.5 Å². The molecular weight excluding hydrogens is 310 g/mol. The predicted molar refractivity (Wildman–Crippen MR) is 83.4 cm³/mol. The third-order valence-electron chi connectivity index (χ3n) is 3.65. The highest BCUT2D eigenvalue weighted by Crippen LogP contribution is 2.21. The van der Waals surface area contributed by atoms with Gasteiger partial charge in [-0.05, 0) is 31.2 Å². The average molecular weight is 331 g/mol. The molecule has 1 amide bonds. The summed E-state index contributed by atoms with van der Waals surface area (Å²) >= 11 is 1.47. The van der Waals surface area contributed by atoms with E-state index in [0.29, 0.717) is 25.9 Å². The van der Waals surface area contributed by atoms with Crippen molar-refractivity contribution in [1.29, 1.82) is 0 Å². The van der Waals surface area contributed by atoms with Gasteiger partial charge in [-0.2, -0.15) is 0 Å². The van der Waals surface area contributed by atoms with Crippen LogP contribution >= 0.6 is 11.3 Å². The predicted octanol–water partition coefficient (Wildman–Crippen LogP) is 0.678. The number of nitrogens with zero attached hydrogens (tertiary/aromatic N) is 1. The highest BCUT2D eigenvalue weighted by atomic mass is 32.2. The van der Waals surface area contributed by atoms with E-state index in [9.17, 15) is 13.2 Å². The van der Waals surface area contributed by atoms with Crippen LogP contribution in [0.1, 0.15) is 30.7 Å². The molecule has 21 heavy (non-hydrogen) atoms. The van der Waals surface area contributed by atoms with Gasteiger partial charge in [0, 0.05) is 24.0 Å². The molecule has 0 radical (unpaired) electrons. The van der Waals surface area contributed by atoms with Gasteiger partial charge in [-0.3, -0.25) is 4.79 Å². The lowest BCUT2D eigenvalue weighted by Crippen LogP contribution is -2.48. The van der Waals surface area contributed by atoms with Crippen LogP contribution in [0.2, 0.25) is 0 Å². The molecule has 0 aromatic carbocycles. The molecule has 1 aliphatic heterocycles. The lowest BCUT2D eigenvalue weighted by atomic mass is 10.1. The van der Waals surface area contributed by atoms with Crippen molar-refractivity contribution >= 4 is 27.3 Å². The zero-order valence-electron chi connectivity index (χ0n) is 12.0. The molecular formula is C13H21N3O3S2. The van der Waals surface area contributed by atoms with Crippen LogP contribution in [0.15, 0.2) is 17.5 Å². The second kappa shape index (κ2) is 6.87. The number of rotatable bonds is 5. The zero-order chi connectivity index (χ0) is 15.5. The van der Waals surface area contributed by atoms with Gasteiger partial charge in [-0.1, -0.05) is 6.07 Å². The number of thiophene rings is 1. The number of nitrogens with one attached hydrogen (secondary N) is 1. The number of amides is 1. The van der Waals surface area contributed by atoms with Crippen LogP contribution in [-0.4, -0.2) is 44.1 Å². The number of carbonyl (C=O) groups excluding carboxylic acids is 1. The summed E-state index contributed by atoms with van der Waals surface area (Å²) in [4.78, 5) is 14.9. The third-order valence-corrected chi connectivity index (χ3v) is 6.06. The van der Waals surface area contributed by atoms with Crippen molar-refractivity contribution in [2.75, 3.05) is 18.8 Å². The normalized spacial score (nSPS) is 18.7. The molecule has 3 N–H and O–H groups in total. The van der Waals surface area contributed by atoms with Crippen LogP contribution in [-0.2, 0) is 14.8 Å². The van der Waals surface area contributed by atoms with E-state index in [2.05, 4.69) is 4.72 Å². The lowest BCUT2D eigenvalue weighted by molar-refractivity contribution is -0.133. The smallest absolute Gasteiger partial charge is 0.244 e. The fourth-order valence-electron chi connectivity index (χ4n) is 2.34. The summed E-state index contributed by atoms with van der Waals surface area (Å²) in [5.41, 5.74) is 5.98. The Balaban J connectivity index is 1.88. The average Bonchev–Trinajstić information content (AvgIpc) is 3.00. The molecule has 1 aliphatic rings. The molecule has 0 bridgehead atoms. The SMILES string of the molecule is CCS(=O)(=O)NC1CCN(C(=O)C(N)c2cccs2)CC1. The van der Waals surface area contributed by atoms with E-state index in [-0.39, 0.29) is 17.7 Å². The molecule has 1 aromatic heterocycles. The van der Waals surface area contributed by atoms with Crippen LogP contribution in [0.4, 0.5) is 0 Å². The van der Waals surface area contributed by atoms with E-state index in [4.69, 9.17) is 5.73 Å². The molecule has 2 rings (SSSR count). The molecule has 6 nitrogen and oxygen atoms in total. The van der Waals surface area contributed by atoms with Crippen molar-refractivity contribution < 1.29 is 13.2 Å². The van der Waals surface area contributed by atoms with Crippen LogP contribution in [0, 0.1) is 0 Å². The fraction of sp³-hybridized carbons (Fsp3) is 0.615. The molecule has 0 spiro atoms. The molecule has 0 aliphatic carbocycles. The second-order valence-corrected chi connectivity index (χ2v) is 8.14. The Bertz CT molecular complexity index is 563. The number of likely N-dealkylation sites (tertiary alicyclic amines) is 1. The Morgan fingerprint density at radius 1 is 1.52 bits per heavy atom. The Morgan fingerprint density at radius 2 is 2.19 bits per heavy atom. The van der Waals surface area contributed by atoms with Crippen LogP contribution in [0.5, 0.6) is 0 Å². The molecule has 118 valence electrons. The van der Waals surface area contributed by atoms with Crippen LogP contribution in [0.3, 0.4) is 0 Å². The van der Waals surface area contributed by atoms with Crippen molar-refractivity contribution in [2.45, 2.75) is 31.8 Å². The number of carbonyl (C=O) groups is 1. The molecule has 0 saturated carbocycles. The minimum absolute atomic E-state index is 0.0788. The second-order valence-electron chi connectivity index (χ2n) is 5.11. The summed E-state index contributed by atoms with van der Waals surface area (Å²) in [6.45, 7) is 2.69. The van der Waals surface area contributed by atoms with E-state index >= 15 is 0 Å². The minimum atomic E-state index is -3.19. The highest BCUT2D eigenvalue weighted by molar-refractivity contribution is 7.89. The van der Waals surface area contributed by atoms with Crippen molar-refractivity contribution in [3.05, 3.63) is 22.4 Å². The maximum absolute atomic E-state index is 12.3. The standard InChI is InChI=1S/C13H21N3O3S2/c1-2-21(18,19)15-10-5-7-16(8-6-10)13(17)12(14)11-4-3-9-20-11/h3-4,9-10,12,15H,2,5-8,14H2,1H3. The monoisotopic (exact) mass is 331 g/mol. The fourth-order valence-corrected chi connectivity index (χ4v) is 3.97. The van der Waals surface area contributed by atoms with Crippen molar-refractivity contribution in [1.82, 2.24) is 9.62 Å². The Morgan fingerprint density at radius 3 is 2.71 bits per heavy atom. The Hall–Kier alpha value is -0.960. The third kappa shape index (κ3) is 4.26. The minimum Gasteiger partial charge on any atom is -0.341 e. The van der Waals surface area contributed by atoms with Crippen LogP contribution in [0.25, 0.3) is 0 Å². The molecule has 1 unspecified atom stereocenters. The number of piperidine rings is 1. The largest absolute Gasteiger partial charge is 0.341 e. The van der Waals surface area contributed by atoms with Gasteiger partial charge in [0.05, 0.1) is 5.75 Å². The van der Waals surface area contributed by atoms with E-state index in [0.717, 1.165) is 4.88 Å². The Labute approximate surface area is 129 Å².